The SMILES string of the molecule is CCNC(CO)CCOc1cc(F)ccc1F. The van der Waals surface area contributed by atoms with E-state index in [-0.39, 0.29) is 25.0 Å². The standard InChI is InChI=1S/C12H17F2NO2/c1-2-15-10(8-16)5-6-17-12-7-9(13)3-4-11(12)14/h3-4,7,10,15-16H,2,5-6,8H2,1H3. The molecule has 1 unspecified atom stereocenters. The van der Waals surface area contributed by atoms with Crippen LogP contribution in [0.3, 0.4) is 0 Å². The summed E-state index contributed by atoms with van der Waals surface area (Å²) < 4.78 is 31.1. The largest absolute Gasteiger partial charge is 0.490 e. The molecule has 0 saturated carbocycles. The number of rotatable bonds is 7. The van der Waals surface area contributed by atoms with Crippen LogP contribution in [-0.4, -0.2) is 30.9 Å². The molecule has 0 aliphatic rings. The zero-order valence-corrected chi connectivity index (χ0v) is 9.75. The lowest BCUT2D eigenvalue weighted by atomic mass is 10.2. The number of benzene rings is 1. The lowest BCUT2D eigenvalue weighted by molar-refractivity contribution is 0.207. The Kier molecular flexibility index (Phi) is 5.86. The fraction of sp³-hybridized carbons (Fsp3) is 0.500. The minimum Gasteiger partial charge on any atom is -0.490 e. The number of hydrogen-bond donors (Lipinski definition) is 2. The predicted molar refractivity (Wildman–Crippen MR) is 61.0 cm³/mol. The first-order chi connectivity index (χ1) is 8.17. The molecule has 0 radical (unpaired) electrons. The highest BCUT2D eigenvalue weighted by atomic mass is 19.1. The van der Waals surface area contributed by atoms with Gasteiger partial charge in [-0.15, -0.1) is 0 Å². The summed E-state index contributed by atoms with van der Waals surface area (Å²) in [7, 11) is 0. The van der Waals surface area contributed by atoms with Crippen LogP contribution in [0, 0.1) is 11.6 Å². The fourth-order valence-corrected chi connectivity index (χ4v) is 1.45. The maximum absolute atomic E-state index is 13.2. The molecule has 0 aliphatic carbocycles. The highest BCUT2D eigenvalue weighted by molar-refractivity contribution is 5.24. The van der Waals surface area contributed by atoms with E-state index in [1.54, 1.807) is 0 Å². The van der Waals surface area contributed by atoms with Crippen molar-refractivity contribution in [2.45, 2.75) is 19.4 Å². The molecule has 17 heavy (non-hydrogen) atoms. The molecule has 0 fully saturated rings. The molecule has 0 aliphatic heterocycles. The van der Waals surface area contributed by atoms with Gasteiger partial charge in [-0.25, -0.2) is 8.78 Å². The summed E-state index contributed by atoms with van der Waals surface area (Å²) in [5.41, 5.74) is 0. The van der Waals surface area contributed by atoms with E-state index in [1.807, 2.05) is 6.92 Å². The number of likely N-dealkylation sites (N-methyl/N-ethyl adjacent to an activating group) is 1. The number of ether oxygens (including phenoxy) is 1. The molecule has 0 saturated heterocycles. The molecule has 0 bridgehead atoms. The Bertz CT molecular complexity index is 347. The number of hydrogen-bond acceptors (Lipinski definition) is 3. The second-order valence-electron chi connectivity index (χ2n) is 3.65. The predicted octanol–water partition coefficient (Wildman–Crippen LogP) is 1.70. The average molecular weight is 245 g/mol. The second kappa shape index (κ2) is 7.19. The number of aliphatic hydroxyl groups is 1. The minimum absolute atomic E-state index is 0.0111. The van der Waals surface area contributed by atoms with E-state index >= 15 is 0 Å². The van der Waals surface area contributed by atoms with Crippen molar-refractivity contribution >= 4 is 0 Å². The third kappa shape index (κ3) is 4.66. The number of nitrogens with one attached hydrogen (secondary N) is 1. The molecule has 0 aromatic heterocycles. The van der Waals surface area contributed by atoms with Gasteiger partial charge in [0.2, 0.25) is 0 Å². The molecule has 5 heteroatoms. The summed E-state index contributed by atoms with van der Waals surface area (Å²) in [5, 5.41) is 12.0. The first kappa shape index (κ1) is 13.9. The first-order valence-electron chi connectivity index (χ1n) is 5.59. The van der Waals surface area contributed by atoms with Crippen LogP contribution >= 0.6 is 0 Å². The molecule has 1 atom stereocenters. The second-order valence-corrected chi connectivity index (χ2v) is 3.65. The van der Waals surface area contributed by atoms with Crippen molar-refractivity contribution in [3.8, 4) is 5.75 Å². The van der Waals surface area contributed by atoms with Crippen molar-refractivity contribution in [1.82, 2.24) is 5.32 Å². The fourth-order valence-electron chi connectivity index (χ4n) is 1.45. The Morgan fingerprint density at radius 3 is 2.82 bits per heavy atom. The van der Waals surface area contributed by atoms with Gasteiger partial charge in [-0.1, -0.05) is 6.92 Å². The Morgan fingerprint density at radius 2 is 2.18 bits per heavy atom. The first-order valence-corrected chi connectivity index (χ1v) is 5.59. The van der Waals surface area contributed by atoms with Gasteiger partial charge in [0.05, 0.1) is 13.2 Å². The molecular formula is C12H17F2NO2. The Balaban J connectivity index is 2.42. The van der Waals surface area contributed by atoms with Gasteiger partial charge in [0.1, 0.15) is 5.82 Å². The quantitative estimate of drug-likeness (QED) is 0.768. The van der Waals surface area contributed by atoms with Crippen LogP contribution in [0.15, 0.2) is 18.2 Å². The molecule has 0 spiro atoms. The normalized spacial score (nSPS) is 12.5. The van der Waals surface area contributed by atoms with Crippen molar-refractivity contribution in [3.63, 3.8) is 0 Å². The van der Waals surface area contributed by atoms with E-state index in [9.17, 15) is 8.78 Å². The van der Waals surface area contributed by atoms with Crippen LogP contribution < -0.4 is 10.1 Å². The monoisotopic (exact) mass is 245 g/mol. The van der Waals surface area contributed by atoms with E-state index in [0.717, 1.165) is 24.7 Å². The molecular weight excluding hydrogens is 228 g/mol. The zero-order chi connectivity index (χ0) is 12.7. The van der Waals surface area contributed by atoms with Gasteiger partial charge >= 0.3 is 0 Å². The molecule has 3 nitrogen and oxygen atoms in total. The maximum atomic E-state index is 13.2. The van der Waals surface area contributed by atoms with Gasteiger partial charge in [0, 0.05) is 12.1 Å². The smallest absolute Gasteiger partial charge is 0.165 e. The molecule has 1 aromatic carbocycles. The van der Waals surface area contributed by atoms with Gasteiger partial charge < -0.3 is 15.2 Å². The van der Waals surface area contributed by atoms with Crippen LogP contribution in [0.1, 0.15) is 13.3 Å². The number of halogens is 2. The van der Waals surface area contributed by atoms with Crippen molar-refractivity contribution < 1.29 is 18.6 Å². The van der Waals surface area contributed by atoms with Crippen molar-refractivity contribution in [3.05, 3.63) is 29.8 Å². The summed E-state index contributed by atoms with van der Waals surface area (Å²) >= 11 is 0. The summed E-state index contributed by atoms with van der Waals surface area (Å²) in [5.74, 6) is -1.22. The molecule has 1 aromatic rings. The highest BCUT2D eigenvalue weighted by Gasteiger charge is 2.08. The Labute approximate surface area is 99.4 Å². The topological polar surface area (TPSA) is 41.5 Å². The lowest BCUT2D eigenvalue weighted by Gasteiger charge is -2.15. The van der Waals surface area contributed by atoms with Crippen molar-refractivity contribution in [1.29, 1.82) is 0 Å². The van der Waals surface area contributed by atoms with E-state index in [0.29, 0.717) is 6.42 Å². The van der Waals surface area contributed by atoms with Crippen LogP contribution in [0.2, 0.25) is 0 Å². The van der Waals surface area contributed by atoms with Crippen LogP contribution in [0.5, 0.6) is 5.75 Å². The molecule has 2 N–H and O–H groups in total. The van der Waals surface area contributed by atoms with Gasteiger partial charge in [-0.2, -0.15) is 0 Å². The summed E-state index contributed by atoms with van der Waals surface area (Å²) in [4.78, 5) is 0. The summed E-state index contributed by atoms with van der Waals surface area (Å²) in [6.45, 7) is 2.87. The maximum Gasteiger partial charge on any atom is 0.165 e. The number of aliphatic hydroxyl groups excluding tert-OH is 1. The van der Waals surface area contributed by atoms with Gasteiger partial charge in [0.15, 0.2) is 11.6 Å². The van der Waals surface area contributed by atoms with Crippen molar-refractivity contribution in [2.75, 3.05) is 19.8 Å². The highest BCUT2D eigenvalue weighted by Crippen LogP contribution is 2.18. The third-order valence-electron chi connectivity index (χ3n) is 2.33. The molecule has 0 amide bonds. The summed E-state index contributed by atoms with van der Waals surface area (Å²) in [6, 6.07) is 2.99. The van der Waals surface area contributed by atoms with Gasteiger partial charge in [-0.05, 0) is 25.1 Å². The third-order valence-corrected chi connectivity index (χ3v) is 2.33. The summed E-state index contributed by atoms with van der Waals surface area (Å²) in [6.07, 6.45) is 0.528. The molecule has 0 heterocycles. The average Bonchev–Trinajstić information content (AvgIpc) is 2.32. The van der Waals surface area contributed by atoms with Crippen LogP contribution in [0.4, 0.5) is 8.78 Å². The van der Waals surface area contributed by atoms with E-state index < -0.39 is 11.6 Å². The van der Waals surface area contributed by atoms with Crippen molar-refractivity contribution in [2.24, 2.45) is 0 Å². The van der Waals surface area contributed by atoms with Crippen LogP contribution in [0.25, 0.3) is 0 Å². The van der Waals surface area contributed by atoms with Crippen LogP contribution in [-0.2, 0) is 0 Å². The van der Waals surface area contributed by atoms with E-state index in [4.69, 9.17) is 9.84 Å². The van der Waals surface area contributed by atoms with E-state index in [2.05, 4.69) is 5.32 Å². The minimum atomic E-state index is -0.588. The Morgan fingerprint density at radius 1 is 1.41 bits per heavy atom. The molecule has 96 valence electrons. The van der Waals surface area contributed by atoms with E-state index in [1.165, 1.54) is 0 Å². The zero-order valence-electron chi connectivity index (χ0n) is 9.75. The Hall–Kier alpha value is -1.20. The van der Waals surface area contributed by atoms with Gasteiger partial charge in [-0.3, -0.25) is 0 Å². The van der Waals surface area contributed by atoms with Gasteiger partial charge in [0.25, 0.3) is 0 Å². The lowest BCUT2D eigenvalue weighted by Crippen LogP contribution is -2.33. The molecule has 1 rings (SSSR count).